The van der Waals surface area contributed by atoms with Crippen LogP contribution in [0.1, 0.15) is 21.6 Å². The molecule has 0 fully saturated rings. The van der Waals surface area contributed by atoms with Crippen molar-refractivity contribution in [2.75, 3.05) is 0 Å². The van der Waals surface area contributed by atoms with Gasteiger partial charge in [-0.05, 0) is 53.5 Å². The zero-order valence-electron chi connectivity index (χ0n) is 10.8. The van der Waals surface area contributed by atoms with Gasteiger partial charge in [0.25, 0.3) is 5.56 Å². The van der Waals surface area contributed by atoms with Crippen molar-refractivity contribution >= 4 is 37.8 Å². The van der Waals surface area contributed by atoms with Crippen molar-refractivity contribution in [3.63, 3.8) is 0 Å². The Bertz CT molecular complexity index is 766. The van der Waals surface area contributed by atoms with Crippen LogP contribution in [0.3, 0.4) is 0 Å². The van der Waals surface area contributed by atoms with E-state index < -0.39 is 5.97 Å². The number of aryl methyl sites for hydroxylation is 1. The number of aromatic nitrogens is 1. The van der Waals surface area contributed by atoms with Crippen LogP contribution in [0, 0.1) is 13.8 Å². The summed E-state index contributed by atoms with van der Waals surface area (Å²) in [5.74, 6) is -1.04. The van der Waals surface area contributed by atoms with Gasteiger partial charge in [0.2, 0.25) is 0 Å². The number of hydrogen-bond donors (Lipinski definition) is 1. The molecule has 1 aromatic carbocycles. The molecule has 6 heteroatoms. The van der Waals surface area contributed by atoms with Crippen LogP contribution in [0.5, 0.6) is 0 Å². The number of aromatic carboxylic acids is 1. The van der Waals surface area contributed by atoms with E-state index in [9.17, 15) is 14.7 Å². The highest BCUT2D eigenvalue weighted by molar-refractivity contribution is 9.11. The maximum Gasteiger partial charge on any atom is 0.337 e. The molecule has 0 atom stereocenters. The van der Waals surface area contributed by atoms with E-state index in [-0.39, 0.29) is 11.1 Å². The fourth-order valence-electron chi connectivity index (χ4n) is 2.17. The van der Waals surface area contributed by atoms with Gasteiger partial charge in [-0.2, -0.15) is 0 Å². The summed E-state index contributed by atoms with van der Waals surface area (Å²) < 4.78 is 2.97. The van der Waals surface area contributed by atoms with Gasteiger partial charge in [-0.3, -0.25) is 9.36 Å². The number of pyridine rings is 1. The predicted octanol–water partition coefficient (Wildman–Crippen LogP) is 3.68. The fourth-order valence-corrected chi connectivity index (χ4v) is 3.39. The molecule has 0 bridgehead atoms. The molecule has 0 aliphatic heterocycles. The molecule has 1 heterocycles. The molecule has 1 aromatic heterocycles. The van der Waals surface area contributed by atoms with Gasteiger partial charge >= 0.3 is 5.97 Å². The third kappa shape index (κ3) is 2.58. The van der Waals surface area contributed by atoms with Crippen LogP contribution in [0.4, 0.5) is 0 Å². The Labute approximate surface area is 132 Å². The number of carboxylic acid groups (broad SMARTS) is 1. The maximum atomic E-state index is 12.2. The quantitative estimate of drug-likeness (QED) is 0.836. The number of carboxylic acids is 1. The molecular weight excluding hydrogens is 390 g/mol. The lowest BCUT2D eigenvalue weighted by Gasteiger charge is -2.15. The summed E-state index contributed by atoms with van der Waals surface area (Å²) in [7, 11) is 0. The van der Waals surface area contributed by atoms with Crippen molar-refractivity contribution in [1.82, 2.24) is 4.57 Å². The Morgan fingerprint density at radius 1 is 1.20 bits per heavy atom. The molecule has 20 heavy (non-hydrogen) atoms. The molecular formula is C14H11Br2NO3. The Hall–Kier alpha value is -1.40. The highest BCUT2D eigenvalue weighted by atomic mass is 79.9. The van der Waals surface area contributed by atoms with Crippen LogP contribution in [0.2, 0.25) is 0 Å². The molecule has 0 aliphatic rings. The van der Waals surface area contributed by atoms with Crippen molar-refractivity contribution in [3.05, 3.63) is 60.4 Å². The first kappa shape index (κ1) is 15.0. The normalized spacial score (nSPS) is 10.6. The first-order chi connectivity index (χ1) is 9.32. The summed E-state index contributed by atoms with van der Waals surface area (Å²) in [5.41, 5.74) is 1.38. The monoisotopic (exact) mass is 399 g/mol. The third-order valence-electron chi connectivity index (χ3n) is 3.02. The van der Waals surface area contributed by atoms with Crippen molar-refractivity contribution in [2.45, 2.75) is 13.8 Å². The van der Waals surface area contributed by atoms with Crippen LogP contribution in [0.25, 0.3) is 5.69 Å². The van der Waals surface area contributed by atoms with Gasteiger partial charge in [0.1, 0.15) is 0 Å². The molecule has 0 radical (unpaired) electrons. The highest BCUT2D eigenvalue weighted by Gasteiger charge is 2.17. The second-order valence-electron chi connectivity index (χ2n) is 4.36. The van der Waals surface area contributed by atoms with E-state index >= 15 is 0 Å². The van der Waals surface area contributed by atoms with Crippen LogP contribution in [-0.2, 0) is 0 Å². The van der Waals surface area contributed by atoms with Gasteiger partial charge in [-0.25, -0.2) is 4.79 Å². The average molecular weight is 401 g/mol. The zero-order valence-corrected chi connectivity index (χ0v) is 13.9. The smallest absolute Gasteiger partial charge is 0.337 e. The van der Waals surface area contributed by atoms with Gasteiger partial charge in [-0.15, -0.1) is 0 Å². The van der Waals surface area contributed by atoms with Crippen molar-refractivity contribution in [3.8, 4) is 5.69 Å². The lowest BCUT2D eigenvalue weighted by atomic mass is 10.1. The lowest BCUT2D eigenvalue weighted by Crippen LogP contribution is -2.24. The highest BCUT2D eigenvalue weighted by Crippen LogP contribution is 2.26. The summed E-state index contributed by atoms with van der Waals surface area (Å²) in [5, 5.41) is 9.29. The van der Waals surface area contributed by atoms with E-state index in [2.05, 4.69) is 31.9 Å². The summed E-state index contributed by atoms with van der Waals surface area (Å²) in [6.45, 7) is 3.26. The van der Waals surface area contributed by atoms with Gasteiger partial charge in [-0.1, -0.05) is 15.9 Å². The van der Waals surface area contributed by atoms with Gasteiger partial charge in [0.05, 0.1) is 11.3 Å². The number of rotatable bonds is 2. The van der Waals surface area contributed by atoms with Crippen LogP contribution >= 0.6 is 31.9 Å². The van der Waals surface area contributed by atoms with Crippen LogP contribution in [-0.4, -0.2) is 15.6 Å². The number of benzene rings is 1. The molecule has 0 amide bonds. The molecule has 0 saturated carbocycles. The lowest BCUT2D eigenvalue weighted by molar-refractivity contribution is 0.0694. The second-order valence-corrected chi connectivity index (χ2v) is 6.13. The molecule has 1 N–H and O–H groups in total. The molecule has 0 aliphatic carbocycles. The van der Waals surface area contributed by atoms with E-state index in [0.29, 0.717) is 21.4 Å². The summed E-state index contributed by atoms with van der Waals surface area (Å²) in [4.78, 5) is 23.6. The first-order valence-corrected chi connectivity index (χ1v) is 7.33. The second kappa shape index (κ2) is 5.54. The van der Waals surface area contributed by atoms with E-state index in [0.717, 1.165) is 4.47 Å². The van der Waals surface area contributed by atoms with E-state index in [1.807, 2.05) is 6.07 Å². The molecule has 0 unspecified atom stereocenters. The number of halogens is 2. The maximum absolute atomic E-state index is 12.2. The molecule has 2 aromatic rings. The summed E-state index contributed by atoms with van der Waals surface area (Å²) in [6.07, 6.45) is 0. The number of carbonyl (C=O) groups is 1. The summed E-state index contributed by atoms with van der Waals surface area (Å²) in [6, 6.07) is 6.70. The minimum absolute atomic E-state index is 0.152. The first-order valence-electron chi connectivity index (χ1n) is 5.75. The molecule has 2 rings (SSSR count). The summed E-state index contributed by atoms with van der Waals surface area (Å²) >= 11 is 6.74. The fraction of sp³-hybridized carbons (Fsp3) is 0.143. The van der Waals surface area contributed by atoms with Gasteiger partial charge < -0.3 is 5.11 Å². The minimum atomic E-state index is -1.04. The van der Waals surface area contributed by atoms with Crippen molar-refractivity contribution < 1.29 is 9.90 Å². The Balaban J connectivity index is 2.84. The molecule has 4 nitrogen and oxygen atoms in total. The van der Waals surface area contributed by atoms with E-state index in [4.69, 9.17) is 0 Å². The molecule has 0 saturated heterocycles. The third-order valence-corrected chi connectivity index (χ3v) is 4.14. The SMILES string of the molecule is Cc1cc(=O)n(-c2ccc(Br)cc2Br)c(C)c1C(=O)O. The predicted molar refractivity (Wildman–Crippen MR) is 83.9 cm³/mol. The minimum Gasteiger partial charge on any atom is -0.478 e. The largest absolute Gasteiger partial charge is 0.478 e. The molecule has 0 spiro atoms. The number of nitrogens with zero attached hydrogens (tertiary/aromatic N) is 1. The van der Waals surface area contributed by atoms with E-state index in [1.54, 1.807) is 26.0 Å². The number of hydrogen-bond acceptors (Lipinski definition) is 2. The van der Waals surface area contributed by atoms with Crippen LogP contribution < -0.4 is 5.56 Å². The van der Waals surface area contributed by atoms with Crippen LogP contribution in [0.15, 0.2) is 38.0 Å². The Morgan fingerprint density at radius 2 is 1.85 bits per heavy atom. The zero-order chi connectivity index (χ0) is 15.0. The van der Waals surface area contributed by atoms with Gasteiger partial charge in [0.15, 0.2) is 0 Å². The molecule has 104 valence electrons. The standard InChI is InChI=1S/C14H11Br2NO3/c1-7-5-12(18)17(8(2)13(7)14(19)20)11-4-3-9(15)6-10(11)16/h3-6H,1-2H3,(H,19,20). The van der Waals surface area contributed by atoms with Gasteiger partial charge in [0, 0.05) is 20.7 Å². The Kier molecular flexibility index (Phi) is 4.15. The van der Waals surface area contributed by atoms with Crippen molar-refractivity contribution in [2.24, 2.45) is 0 Å². The Morgan fingerprint density at radius 3 is 2.40 bits per heavy atom. The average Bonchev–Trinajstić information content (AvgIpc) is 2.30. The van der Waals surface area contributed by atoms with E-state index in [1.165, 1.54) is 10.6 Å². The van der Waals surface area contributed by atoms with Crippen molar-refractivity contribution in [1.29, 1.82) is 0 Å². The topological polar surface area (TPSA) is 59.3 Å².